The van der Waals surface area contributed by atoms with Crippen LogP contribution in [0.2, 0.25) is 5.02 Å². The van der Waals surface area contributed by atoms with Gasteiger partial charge in [-0.2, -0.15) is 22.4 Å². The van der Waals surface area contributed by atoms with Gasteiger partial charge in [-0.05, 0) is 68.2 Å². The number of rotatable bonds is 9. The first-order chi connectivity index (χ1) is 17.2. The lowest BCUT2D eigenvalue weighted by atomic mass is 9.89. The Morgan fingerprint density at radius 3 is 2.44 bits per heavy atom. The average Bonchev–Trinajstić information content (AvgIpc) is 2.86. The highest BCUT2D eigenvalue weighted by Gasteiger charge is 2.18. The Morgan fingerprint density at radius 2 is 1.75 bits per heavy atom. The van der Waals surface area contributed by atoms with Gasteiger partial charge in [-0.15, -0.1) is 0 Å². The molecule has 36 heavy (non-hydrogen) atoms. The Labute approximate surface area is 218 Å². The molecule has 0 amide bonds. The lowest BCUT2D eigenvalue weighted by Gasteiger charge is -2.29. The Hall–Kier alpha value is -2.76. The molecule has 3 N–H and O–H groups in total. The molecule has 0 aliphatic carbocycles. The van der Waals surface area contributed by atoms with Crippen molar-refractivity contribution in [3.8, 4) is 0 Å². The Bertz CT molecular complexity index is 1280. The third-order valence-corrected chi connectivity index (χ3v) is 8.04. The molecule has 3 aromatic rings. The van der Waals surface area contributed by atoms with Crippen LogP contribution < -0.4 is 15.4 Å². The number of nitrogens with zero attached hydrogens (tertiary/aromatic N) is 4. The standard InChI is InChI=1S/C25H32ClN7O2S/c1-32(2)36(34,35)28-16-20-6-4-5-7-23(20)30-24-22(26)17-27-25(31-24)29-21-10-8-18(9-11-21)19-12-14-33(3)15-13-19/h4-11,17,19,28H,12-16H2,1-3H3,(H2,27,29,30,31). The normalized spacial score (nSPS) is 15.2. The van der Waals surface area contributed by atoms with Crippen LogP contribution >= 0.6 is 11.6 Å². The molecule has 9 nitrogen and oxygen atoms in total. The number of hydrogen-bond donors (Lipinski definition) is 3. The summed E-state index contributed by atoms with van der Waals surface area (Å²) in [5, 5.41) is 6.80. The topological polar surface area (TPSA) is 102 Å². The molecule has 0 radical (unpaired) electrons. The molecular weight excluding hydrogens is 498 g/mol. The van der Waals surface area contributed by atoms with Crippen molar-refractivity contribution in [2.75, 3.05) is 44.9 Å². The van der Waals surface area contributed by atoms with Gasteiger partial charge in [-0.3, -0.25) is 0 Å². The highest BCUT2D eigenvalue weighted by molar-refractivity contribution is 7.87. The van der Waals surface area contributed by atoms with E-state index in [0.29, 0.717) is 28.4 Å². The third-order valence-electron chi connectivity index (χ3n) is 6.30. The van der Waals surface area contributed by atoms with Gasteiger partial charge in [0, 0.05) is 32.0 Å². The van der Waals surface area contributed by atoms with Gasteiger partial charge in [0.2, 0.25) is 5.95 Å². The molecular formula is C25H32ClN7O2S. The van der Waals surface area contributed by atoms with Crippen LogP contribution in [-0.4, -0.2) is 61.8 Å². The molecule has 11 heteroatoms. The van der Waals surface area contributed by atoms with Crippen molar-refractivity contribution in [1.29, 1.82) is 0 Å². The molecule has 1 saturated heterocycles. The summed E-state index contributed by atoms with van der Waals surface area (Å²) in [6.07, 6.45) is 3.89. The van der Waals surface area contributed by atoms with Crippen molar-refractivity contribution in [3.63, 3.8) is 0 Å². The van der Waals surface area contributed by atoms with Crippen molar-refractivity contribution >= 4 is 45.0 Å². The van der Waals surface area contributed by atoms with Crippen LogP contribution in [0.25, 0.3) is 0 Å². The number of nitrogens with one attached hydrogen (secondary N) is 3. The number of anilines is 4. The smallest absolute Gasteiger partial charge is 0.279 e. The minimum atomic E-state index is -3.56. The Morgan fingerprint density at radius 1 is 1.06 bits per heavy atom. The summed E-state index contributed by atoms with van der Waals surface area (Å²) < 4.78 is 27.9. The fourth-order valence-electron chi connectivity index (χ4n) is 4.05. The molecule has 1 aliphatic rings. The Balaban J connectivity index is 1.45. The maximum Gasteiger partial charge on any atom is 0.279 e. The van der Waals surface area contributed by atoms with Gasteiger partial charge in [-0.25, -0.2) is 4.98 Å². The zero-order valence-electron chi connectivity index (χ0n) is 20.7. The van der Waals surface area contributed by atoms with E-state index in [1.807, 2.05) is 36.4 Å². The zero-order valence-corrected chi connectivity index (χ0v) is 22.3. The summed E-state index contributed by atoms with van der Waals surface area (Å²) >= 11 is 6.37. The molecule has 4 rings (SSSR count). The van der Waals surface area contributed by atoms with E-state index in [9.17, 15) is 8.42 Å². The molecule has 0 bridgehead atoms. The predicted octanol–water partition coefficient (Wildman–Crippen LogP) is 4.32. The fourth-order valence-corrected chi connectivity index (χ4v) is 4.78. The highest BCUT2D eigenvalue weighted by atomic mass is 35.5. The SMILES string of the molecule is CN1CCC(c2ccc(Nc3ncc(Cl)c(Nc4ccccc4CNS(=O)(=O)N(C)C)n3)cc2)CC1. The first kappa shape index (κ1) is 26.3. The van der Waals surface area contributed by atoms with Gasteiger partial charge in [0.15, 0.2) is 5.82 Å². The monoisotopic (exact) mass is 529 g/mol. The van der Waals surface area contributed by atoms with E-state index < -0.39 is 10.2 Å². The maximum atomic E-state index is 12.1. The summed E-state index contributed by atoms with van der Waals surface area (Å²) in [7, 11) is 1.57. The largest absolute Gasteiger partial charge is 0.339 e. The molecule has 0 atom stereocenters. The number of likely N-dealkylation sites (tertiary alicyclic amines) is 1. The third kappa shape index (κ3) is 6.71. The van der Waals surface area contributed by atoms with Crippen molar-refractivity contribution in [1.82, 2.24) is 23.9 Å². The summed E-state index contributed by atoms with van der Waals surface area (Å²) in [6.45, 7) is 2.37. The van der Waals surface area contributed by atoms with Gasteiger partial charge in [0.05, 0.1) is 6.20 Å². The number of para-hydroxylation sites is 1. The quantitative estimate of drug-likeness (QED) is 0.379. The van der Waals surface area contributed by atoms with Gasteiger partial charge in [0.1, 0.15) is 5.02 Å². The highest BCUT2D eigenvalue weighted by Crippen LogP contribution is 2.30. The number of hydrogen-bond acceptors (Lipinski definition) is 7. The fraction of sp³-hybridized carbons (Fsp3) is 0.360. The molecule has 1 aliphatic heterocycles. The van der Waals surface area contributed by atoms with E-state index in [2.05, 4.69) is 49.4 Å². The van der Waals surface area contributed by atoms with Gasteiger partial charge >= 0.3 is 0 Å². The average molecular weight is 530 g/mol. The molecule has 1 fully saturated rings. The van der Waals surface area contributed by atoms with E-state index in [-0.39, 0.29) is 6.54 Å². The summed E-state index contributed by atoms with van der Waals surface area (Å²) in [6, 6.07) is 15.8. The summed E-state index contributed by atoms with van der Waals surface area (Å²) in [5.41, 5.74) is 3.68. The summed E-state index contributed by atoms with van der Waals surface area (Å²) in [5.74, 6) is 1.42. The number of piperidine rings is 1. The molecule has 1 aromatic heterocycles. The second-order valence-electron chi connectivity index (χ2n) is 9.11. The van der Waals surface area contributed by atoms with Crippen LogP contribution in [0.15, 0.2) is 54.7 Å². The van der Waals surface area contributed by atoms with Crippen LogP contribution in [0.4, 0.5) is 23.1 Å². The first-order valence-electron chi connectivity index (χ1n) is 11.8. The molecule has 0 saturated carbocycles. The maximum absolute atomic E-state index is 12.1. The lowest BCUT2D eigenvalue weighted by Crippen LogP contribution is -2.35. The molecule has 192 valence electrons. The first-order valence-corrected chi connectivity index (χ1v) is 13.6. The second kappa shape index (κ2) is 11.5. The summed E-state index contributed by atoms with van der Waals surface area (Å²) in [4.78, 5) is 11.2. The van der Waals surface area contributed by atoms with E-state index in [4.69, 9.17) is 11.6 Å². The minimum absolute atomic E-state index is 0.112. The molecule has 0 unspecified atom stereocenters. The molecule has 2 aromatic carbocycles. The van der Waals surface area contributed by atoms with Crippen molar-refractivity contribution in [2.24, 2.45) is 0 Å². The minimum Gasteiger partial charge on any atom is -0.339 e. The second-order valence-corrected chi connectivity index (χ2v) is 11.5. The van der Waals surface area contributed by atoms with Crippen molar-refractivity contribution < 1.29 is 8.42 Å². The van der Waals surface area contributed by atoms with E-state index >= 15 is 0 Å². The Kier molecular flexibility index (Phi) is 8.43. The number of aromatic nitrogens is 2. The van der Waals surface area contributed by atoms with Gasteiger partial charge in [0.25, 0.3) is 10.2 Å². The van der Waals surface area contributed by atoms with Gasteiger partial charge < -0.3 is 15.5 Å². The number of benzene rings is 2. The van der Waals surface area contributed by atoms with Crippen molar-refractivity contribution in [2.45, 2.75) is 25.3 Å². The van der Waals surface area contributed by atoms with Crippen LogP contribution in [0.1, 0.15) is 29.9 Å². The van der Waals surface area contributed by atoms with Crippen LogP contribution in [0, 0.1) is 0 Å². The number of halogens is 1. The van der Waals surface area contributed by atoms with Crippen LogP contribution in [-0.2, 0) is 16.8 Å². The van der Waals surface area contributed by atoms with E-state index in [0.717, 1.165) is 28.6 Å². The van der Waals surface area contributed by atoms with Crippen LogP contribution in [0.3, 0.4) is 0 Å². The lowest BCUT2D eigenvalue weighted by molar-refractivity contribution is 0.255. The molecule has 2 heterocycles. The van der Waals surface area contributed by atoms with Gasteiger partial charge in [-0.1, -0.05) is 41.9 Å². The zero-order chi connectivity index (χ0) is 25.7. The van der Waals surface area contributed by atoms with E-state index in [1.165, 1.54) is 38.7 Å². The van der Waals surface area contributed by atoms with Crippen molar-refractivity contribution in [3.05, 3.63) is 70.9 Å². The van der Waals surface area contributed by atoms with Crippen LogP contribution in [0.5, 0.6) is 0 Å². The molecule has 0 spiro atoms. The van der Waals surface area contributed by atoms with E-state index in [1.54, 1.807) is 0 Å². The predicted molar refractivity (Wildman–Crippen MR) is 145 cm³/mol.